The fraction of sp³-hybridized carbons (Fsp3) is 0.462. The zero-order chi connectivity index (χ0) is 13.1. The van der Waals surface area contributed by atoms with Crippen molar-refractivity contribution in [1.82, 2.24) is 10.6 Å². The topological polar surface area (TPSA) is 41.1 Å². The van der Waals surface area contributed by atoms with E-state index in [9.17, 15) is 4.79 Å². The summed E-state index contributed by atoms with van der Waals surface area (Å²) in [6, 6.07) is 5.28. The molecule has 1 aliphatic heterocycles. The molecule has 0 radical (unpaired) electrons. The Hall–Kier alpha value is -0.770. The number of amides is 1. The third-order valence-corrected chi connectivity index (χ3v) is 3.92. The summed E-state index contributed by atoms with van der Waals surface area (Å²) in [5.41, 5.74) is 0.954. The summed E-state index contributed by atoms with van der Waals surface area (Å²) in [6.07, 6.45) is 1.96. The second kappa shape index (κ2) is 5.91. The van der Waals surface area contributed by atoms with Gasteiger partial charge in [0.2, 0.25) is 5.91 Å². The predicted molar refractivity (Wildman–Crippen MR) is 74.0 cm³/mol. The van der Waals surface area contributed by atoms with Crippen LogP contribution in [0.25, 0.3) is 0 Å². The highest BCUT2D eigenvalue weighted by Gasteiger charge is 2.23. The molecule has 1 fully saturated rings. The van der Waals surface area contributed by atoms with Gasteiger partial charge in [0.05, 0.1) is 22.1 Å². The molecule has 2 atom stereocenters. The Labute approximate surface area is 117 Å². The van der Waals surface area contributed by atoms with Crippen LogP contribution in [0.3, 0.4) is 0 Å². The summed E-state index contributed by atoms with van der Waals surface area (Å²) >= 11 is 11.8. The Morgan fingerprint density at radius 3 is 2.83 bits per heavy atom. The molecule has 0 aliphatic carbocycles. The van der Waals surface area contributed by atoms with E-state index in [1.165, 1.54) is 0 Å². The maximum Gasteiger partial charge on any atom is 0.237 e. The first kappa shape index (κ1) is 13.7. The van der Waals surface area contributed by atoms with E-state index in [0.29, 0.717) is 10.0 Å². The van der Waals surface area contributed by atoms with Gasteiger partial charge in [-0.1, -0.05) is 29.3 Å². The largest absolute Gasteiger partial charge is 0.348 e. The van der Waals surface area contributed by atoms with Gasteiger partial charge >= 0.3 is 0 Å². The minimum Gasteiger partial charge on any atom is -0.348 e. The highest BCUT2D eigenvalue weighted by Crippen LogP contribution is 2.25. The number of benzene rings is 1. The fourth-order valence-electron chi connectivity index (χ4n) is 2.09. The first-order valence-corrected chi connectivity index (χ1v) is 6.82. The lowest BCUT2D eigenvalue weighted by molar-refractivity contribution is -0.123. The molecule has 0 saturated carbocycles. The zero-order valence-corrected chi connectivity index (χ0v) is 11.7. The van der Waals surface area contributed by atoms with Crippen LogP contribution in [-0.2, 0) is 4.79 Å². The Morgan fingerprint density at radius 1 is 1.44 bits per heavy atom. The molecule has 1 unspecified atom stereocenters. The molecule has 0 bridgehead atoms. The second-order valence-electron chi connectivity index (χ2n) is 4.55. The molecule has 18 heavy (non-hydrogen) atoms. The van der Waals surface area contributed by atoms with E-state index in [4.69, 9.17) is 23.2 Å². The summed E-state index contributed by atoms with van der Waals surface area (Å²) in [5, 5.41) is 7.19. The molecule has 1 amide bonds. The molecule has 1 aromatic rings. The molecular weight excluding hydrogens is 271 g/mol. The van der Waals surface area contributed by atoms with Crippen molar-refractivity contribution in [3.05, 3.63) is 33.8 Å². The average molecular weight is 287 g/mol. The molecule has 1 aromatic carbocycles. The van der Waals surface area contributed by atoms with E-state index in [-0.39, 0.29) is 18.0 Å². The monoisotopic (exact) mass is 286 g/mol. The summed E-state index contributed by atoms with van der Waals surface area (Å²) in [6.45, 7) is 2.85. The summed E-state index contributed by atoms with van der Waals surface area (Å²) < 4.78 is 0. The maximum absolute atomic E-state index is 11.9. The SMILES string of the molecule is CC(NC(=O)[C@@H]1CCCN1)c1ccc(Cl)c(Cl)c1. The van der Waals surface area contributed by atoms with E-state index >= 15 is 0 Å². The van der Waals surface area contributed by atoms with Gasteiger partial charge in [-0.3, -0.25) is 4.79 Å². The number of carbonyl (C=O) groups is 1. The van der Waals surface area contributed by atoms with Crippen LogP contribution in [0.2, 0.25) is 10.0 Å². The Bertz CT molecular complexity index is 445. The molecule has 2 rings (SSSR count). The normalized spacial score (nSPS) is 20.7. The minimum atomic E-state index is -0.0744. The number of nitrogens with one attached hydrogen (secondary N) is 2. The Kier molecular flexibility index (Phi) is 4.49. The number of halogens is 2. The molecule has 98 valence electrons. The fourth-order valence-corrected chi connectivity index (χ4v) is 2.39. The minimum absolute atomic E-state index is 0.0473. The lowest BCUT2D eigenvalue weighted by atomic mass is 10.1. The smallest absolute Gasteiger partial charge is 0.237 e. The lowest BCUT2D eigenvalue weighted by Gasteiger charge is -2.18. The van der Waals surface area contributed by atoms with Crippen LogP contribution in [0.4, 0.5) is 0 Å². The number of carbonyl (C=O) groups excluding carboxylic acids is 1. The number of hydrogen-bond acceptors (Lipinski definition) is 2. The van der Waals surface area contributed by atoms with Crippen molar-refractivity contribution in [2.24, 2.45) is 0 Å². The quantitative estimate of drug-likeness (QED) is 0.897. The second-order valence-corrected chi connectivity index (χ2v) is 5.37. The molecule has 3 nitrogen and oxygen atoms in total. The number of hydrogen-bond donors (Lipinski definition) is 2. The molecule has 2 N–H and O–H groups in total. The summed E-state index contributed by atoms with van der Waals surface area (Å²) in [5.74, 6) is 0.0473. The van der Waals surface area contributed by atoms with E-state index in [2.05, 4.69) is 10.6 Å². The van der Waals surface area contributed by atoms with Crippen molar-refractivity contribution in [2.45, 2.75) is 31.8 Å². The van der Waals surface area contributed by atoms with Gasteiger partial charge in [-0.05, 0) is 44.0 Å². The lowest BCUT2D eigenvalue weighted by Crippen LogP contribution is -2.41. The van der Waals surface area contributed by atoms with Gasteiger partial charge in [0.25, 0.3) is 0 Å². The van der Waals surface area contributed by atoms with Gasteiger partial charge in [0, 0.05) is 0 Å². The summed E-state index contributed by atoms with van der Waals surface area (Å²) in [7, 11) is 0. The van der Waals surface area contributed by atoms with Crippen LogP contribution in [0.1, 0.15) is 31.4 Å². The van der Waals surface area contributed by atoms with Crippen LogP contribution in [0, 0.1) is 0 Å². The molecule has 0 aromatic heterocycles. The predicted octanol–water partition coefficient (Wildman–Crippen LogP) is 2.92. The van der Waals surface area contributed by atoms with Crippen LogP contribution in [-0.4, -0.2) is 18.5 Å². The van der Waals surface area contributed by atoms with Crippen molar-refractivity contribution in [3.8, 4) is 0 Å². The van der Waals surface area contributed by atoms with Gasteiger partial charge < -0.3 is 10.6 Å². The van der Waals surface area contributed by atoms with Crippen molar-refractivity contribution >= 4 is 29.1 Å². The molecule has 1 aliphatic rings. The average Bonchev–Trinajstić information content (AvgIpc) is 2.86. The maximum atomic E-state index is 11.9. The molecule has 1 heterocycles. The third kappa shape index (κ3) is 3.16. The van der Waals surface area contributed by atoms with Gasteiger partial charge in [0.15, 0.2) is 0 Å². The van der Waals surface area contributed by atoms with Gasteiger partial charge in [0.1, 0.15) is 0 Å². The van der Waals surface area contributed by atoms with Crippen molar-refractivity contribution in [2.75, 3.05) is 6.54 Å². The zero-order valence-electron chi connectivity index (χ0n) is 10.2. The Morgan fingerprint density at radius 2 is 2.22 bits per heavy atom. The van der Waals surface area contributed by atoms with Crippen molar-refractivity contribution in [3.63, 3.8) is 0 Å². The standard InChI is InChI=1S/C13H16Cl2N2O/c1-8(9-4-5-10(14)11(15)7-9)17-13(18)12-3-2-6-16-12/h4-5,7-8,12,16H,2-3,6H2,1H3,(H,17,18)/t8?,12-/m0/s1. The van der Waals surface area contributed by atoms with Gasteiger partial charge in [-0.2, -0.15) is 0 Å². The molecule has 0 spiro atoms. The molecule has 5 heteroatoms. The van der Waals surface area contributed by atoms with E-state index in [1.807, 2.05) is 13.0 Å². The van der Waals surface area contributed by atoms with Gasteiger partial charge in [-0.15, -0.1) is 0 Å². The van der Waals surface area contributed by atoms with Crippen LogP contribution >= 0.6 is 23.2 Å². The summed E-state index contributed by atoms with van der Waals surface area (Å²) in [4.78, 5) is 11.9. The van der Waals surface area contributed by atoms with Crippen molar-refractivity contribution < 1.29 is 4.79 Å². The highest BCUT2D eigenvalue weighted by molar-refractivity contribution is 6.42. The first-order valence-electron chi connectivity index (χ1n) is 6.06. The van der Waals surface area contributed by atoms with E-state index < -0.39 is 0 Å². The van der Waals surface area contributed by atoms with Crippen LogP contribution in [0.15, 0.2) is 18.2 Å². The Balaban J connectivity index is 2.00. The third-order valence-electron chi connectivity index (χ3n) is 3.18. The molecule has 1 saturated heterocycles. The highest BCUT2D eigenvalue weighted by atomic mass is 35.5. The van der Waals surface area contributed by atoms with E-state index in [0.717, 1.165) is 24.9 Å². The van der Waals surface area contributed by atoms with Gasteiger partial charge in [-0.25, -0.2) is 0 Å². The first-order chi connectivity index (χ1) is 8.58. The van der Waals surface area contributed by atoms with Crippen LogP contribution < -0.4 is 10.6 Å². The molecular formula is C13H16Cl2N2O. The van der Waals surface area contributed by atoms with Crippen molar-refractivity contribution in [1.29, 1.82) is 0 Å². The van der Waals surface area contributed by atoms with Crippen LogP contribution in [0.5, 0.6) is 0 Å². The number of rotatable bonds is 3. The van der Waals surface area contributed by atoms with E-state index in [1.54, 1.807) is 12.1 Å².